The van der Waals surface area contributed by atoms with Gasteiger partial charge in [-0.05, 0) is 37.8 Å². The van der Waals surface area contributed by atoms with E-state index in [1.165, 1.54) is 6.42 Å². The fraction of sp³-hybridized carbons (Fsp3) is 0.615. The second-order valence-corrected chi connectivity index (χ2v) is 4.81. The van der Waals surface area contributed by atoms with Gasteiger partial charge in [-0.25, -0.2) is 0 Å². The lowest BCUT2D eigenvalue weighted by Gasteiger charge is -2.16. The van der Waals surface area contributed by atoms with Crippen molar-refractivity contribution >= 4 is 11.5 Å². The Kier molecular flexibility index (Phi) is 5.07. The molecule has 0 spiro atoms. The summed E-state index contributed by atoms with van der Waals surface area (Å²) in [5.41, 5.74) is 6.28. The fourth-order valence-electron chi connectivity index (χ4n) is 1.60. The Bertz CT molecular complexity index is 353. The van der Waals surface area contributed by atoms with Crippen LogP contribution in [0.1, 0.15) is 33.6 Å². The number of rotatable bonds is 6. The quantitative estimate of drug-likeness (QED) is 0.798. The molecule has 0 saturated heterocycles. The van der Waals surface area contributed by atoms with Crippen molar-refractivity contribution in [1.82, 2.24) is 4.98 Å². The average molecular weight is 237 g/mol. The number of pyridine rings is 1. The van der Waals surface area contributed by atoms with Gasteiger partial charge >= 0.3 is 0 Å². The van der Waals surface area contributed by atoms with Gasteiger partial charge in [0.15, 0.2) is 0 Å². The Labute approximate surface area is 104 Å². The summed E-state index contributed by atoms with van der Waals surface area (Å²) in [4.78, 5) is 4.30. The Hall–Kier alpha value is -1.45. The number of aromatic nitrogens is 1. The second-order valence-electron chi connectivity index (χ2n) is 4.81. The molecule has 4 heteroatoms. The number of hydrogen-bond donors (Lipinski definition) is 2. The minimum Gasteiger partial charge on any atom is -0.479 e. The third kappa shape index (κ3) is 4.51. The van der Waals surface area contributed by atoms with Gasteiger partial charge in [-0.3, -0.25) is 0 Å². The van der Waals surface area contributed by atoms with Crippen LogP contribution in [-0.4, -0.2) is 18.1 Å². The molecule has 0 saturated carbocycles. The lowest BCUT2D eigenvalue weighted by atomic mass is 10.0. The van der Waals surface area contributed by atoms with Crippen molar-refractivity contribution in [1.29, 1.82) is 0 Å². The molecule has 1 atom stereocenters. The van der Waals surface area contributed by atoms with Crippen molar-refractivity contribution in [2.45, 2.75) is 39.7 Å². The van der Waals surface area contributed by atoms with Crippen LogP contribution < -0.4 is 15.8 Å². The van der Waals surface area contributed by atoms with Crippen LogP contribution in [0, 0.1) is 5.92 Å². The van der Waals surface area contributed by atoms with Gasteiger partial charge in [0, 0.05) is 6.04 Å². The molecule has 0 amide bonds. The van der Waals surface area contributed by atoms with Gasteiger partial charge in [0.25, 0.3) is 0 Å². The zero-order valence-corrected chi connectivity index (χ0v) is 11.2. The zero-order valence-electron chi connectivity index (χ0n) is 11.2. The van der Waals surface area contributed by atoms with Gasteiger partial charge in [0.05, 0.1) is 12.8 Å². The van der Waals surface area contributed by atoms with E-state index < -0.39 is 0 Å². The maximum Gasteiger partial charge on any atom is 0.238 e. The highest BCUT2D eigenvalue weighted by Crippen LogP contribution is 2.21. The molecule has 0 bridgehead atoms. The topological polar surface area (TPSA) is 60.2 Å². The van der Waals surface area contributed by atoms with Crippen molar-refractivity contribution in [3.8, 4) is 5.88 Å². The van der Waals surface area contributed by atoms with Crippen LogP contribution in [0.3, 0.4) is 0 Å². The van der Waals surface area contributed by atoms with Gasteiger partial charge in [0.1, 0.15) is 5.82 Å². The van der Waals surface area contributed by atoms with Gasteiger partial charge in [0.2, 0.25) is 5.88 Å². The van der Waals surface area contributed by atoms with Crippen LogP contribution in [0.25, 0.3) is 0 Å². The minimum absolute atomic E-state index is 0.401. The van der Waals surface area contributed by atoms with E-state index in [0.717, 1.165) is 18.2 Å². The van der Waals surface area contributed by atoms with Gasteiger partial charge in [-0.15, -0.1) is 0 Å². The molecule has 1 rings (SSSR count). The molecule has 1 aromatic heterocycles. The van der Waals surface area contributed by atoms with Crippen LogP contribution in [0.4, 0.5) is 11.5 Å². The first-order chi connectivity index (χ1) is 8.02. The number of nitrogens with zero attached hydrogens (tertiary/aromatic N) is 1. The van der Waals surface area contributed by atoms with Crippen molar-refractivity contribution in [2.75, 3.05) is 18.2 Å². The van der Waals surface area contributed by atoms with E-state index in [1.807, 2.05) is 12.1 Å². The molecule has 1 aromatic rings. The molecule has 96 valence electrons. The monoisotopic (exact) mass is 237 g/mol. The SMILES string of the molecule is COc1nc(NC(C)CCC(C)C)ccc1N. The molecule has 3 N–H and O–H groups in total. The summed E-state index contributed by atoms with van der Waals surface area (Å²) in [6, 6.07) is 4.09. The summed E-state index contributed by atoms with van der Waals surface area (Å²) < 4.78 is 5.09. The lowest BCUT2D eigenvalue weighted by molar-refractivity contribution is 0.400. The molecule has 1 heterocycles. The van der Waals surface area contributed by atoms with Crippen LogP contribution in [0.2, 0.25) is 0 Å². The number of nitrogens with two attached hydrogens (primary N) is 1. The highest BCUT2D eigenvalue weighted by atomic mass is 16.5. The van der Waals surface area contributed by atoms with E-state index in [0.29, 0.717) is 17.6 Å². The van der Waals surface area contributed by atoms with Crippen LogP contribution in [0.5, 0.6) is 5.88 Å². The molecular formula is C13H23N3O. The summed E-state index contributed by atoms with van der Waals surface area (Å²) in [7, 11) is 1.57. The Morgan fingerprint density at radius 2 is 2.00 bits per heavy atom. The number of nitrogen functional groups attached to an aromatic ring is 1. The number of ether oxygens (including phenoxy) is 1. The zero-order chi connectivity index (χ0) is 12.8. The molecule has 0 aliphatic carbocycles. The smallest absolute Gasteiger partial charge is 0.238 e. The average Bonchev–Trinajstić information content (AvgIpc) is 2.29. The molecule has 0 aliphatic rings. The van der Waals surface area contributed by atoms with Crippen molar-refractivity contribution < 1.29 is 4.74 Å². The number of anilines is 2. The first-order valence-corrected chi connectivity index (χ1v) is 6.10. The molecule has 4 nitrogen and oxygen atoms in total. The third-order valence-electron chi connectivity index (χ3n) is 2.65. The lowest BCUT2D eigenvalue weighted by Crippen LogP contribution is -2.17. The van der Waals surface area contributed by atoms with Crippen molar-refractivity contribution in [2.24, 2.45) is 5.92 Å². The maximum absolute atomic E-state index is 5.71. The third-order valence-corrected chi connectivity index (χ3v) is 2.65. The highest BCUT2D eigenvalue weighted by Gasteiger charge is 2.07. The standard InChI is InChI=1S/C13H23N3O/c1-9(2)5-6-10(3)15-12-8-7-11(14)13(16-12)17-4/h7-10H,5-6,14H2,1-4H3,(H,15,16). The molecule has 0 aromatic carbocycles. The Morgan fingerprint density at radius 3 is 2.59 bits per heavy atom. The maximum atomic E-state index is 5.71. The summed E-state index contributed by atoms with van der Waals surface area (Å²) in [6.07, 6.45) is 2.34. The first kappa shape index (κ1) is 13.6. The summed E-state index contributed by atoms with van der Waals surface area (Å²) >= 11 is 0. The normalized spacial score (nSPS) is 12.5. The summed E-state index contributed by atoms with van der Waals surface area (Å²) in [5.74, 6) is 2.02. The molecular weight excluding hydrogens is 214 g/mol. The van der Waals surface area contributed by atoms with Crippen LogP contribution in [-0.2, 0) is 0 Å². The van der Waals surface area contributed by atoms with Gasteiger partial charge in [-0.1, -0.05) is 13.8 Å². The van der Waals surface area contributed by atoms with Crippen LogP contribution >= 0.6 is 0 Å². The molecule has 17 heavy (non-hydrogen) atoms. The molecule has 0 aliphatic heterocycles. The second kappa shape index (κ2) is 6.33. The predicted octanol–water partition coefficient (Wildman–Crippen LogP) is 2.91. The minimum atomic E-state index is 0.401. The number of methoxy groups -OCH3 is 1. The van der Waals surface area contributed by atoms with E-state index in [1.54, 1.807) is 7.11 Å². The van der Waals surface area contributed by atoms with E-state index in [4.69, 9.17) is 10.5 Å². The molecule has 0 radical (unpaired) electrons. The largest absolute Gasteiger partial charge is 0.479 e. The van der Waals surface area contributed by atoms with E-state index in [-0.39, 0.29) is 0 Å². The van der Waals surface area contributed by atoms with E-state index >= 15 is 0 Å². The highest BCUT2D eigenvalue weighted by molar-refractivity contribution is 5.53. The first-order valence-electron chi connectivity index (χ1n) is 6.10. The Balaban J connectivity index is 2.56. The molecule has 0 fully saturated rings. The van der Waals surface area contributed by atoms with Gasteiger partial charge in [-0.2, -0.15) is 4.98 Å². The number of nitrogens with one attached hydrogen (secondary N) is 1. The van der Waals surface area contributed by atoms with Gasteiger partial charge < -0.3 is 15.8 Å². The van der Waals surface area contributed by atoms with Crippen molar-refractivity contribution in [3.05, 3.63) is 12.1 Å². The summed E-state index contributed by atoms with van der Waals surface area (Å²) in [5, 5.41) is 3.35. The van der Waals surface area contributed by atoms with Crippen molar-refractivity contribution in [3.63, 3.8) is 0 Å². The van der Waals surface area contributed by atoms with Crippen LogP contribution in [0.15, 0.2) is 12.1 Å². The number of hydrogen-bond acceptors (Lipinski definition) is 4. The summed E-state index contributed by atoms with van der Waals surface area (Å²) in [6.45, 7) is 6.63. The van der Waals surface area contributed by atoms with E-state index in [2.05, 4.69) is 31.1 Å². The molecule has 1 unspecified atom stereocenters. The fourth-order valence-corrected chi connectivity index (χ4v) is 1.60. The Morgan fingerprint density at radius 1 is 1.29 bits per heavy atom. The predicted molar refractivity (Wildman–Crippen MR) is 72.4 cm³/mol. The van der Waals surface area contributed by atoms with E-state index in [9.17, 15) is 0 Å².